The lowest BCUT2D eigenvalue weighted by atomic mass is 10.1. The molecule has 2 heterocycles. The maximum Gasteiger partial charge on any atom is 0.340 e. The number of thiocarbonyl (C=S) groups is 1. The SMILES string of the molecule is CCc1cc(C(=O)OC)c(NC(=S)Nc2ncn(Cc3cccc(C)c3)n2)s1. The molecule has 9 heteroatoms. The molecule has 0 bridgehead atoms. The molecule has 0 aliphatic carbocycles. The van der Waals surface area contributed by atoms with E-state index < -0.39 is 5.97 Å². The normalized spacial score (nSPS) is 10.5. The molecule has 2 N–H and O–H groups in total. The number of hydrogen-bond donors (Lipinski definition) is 2. The topological polar surface area (TPSA) is 81.1 Å². The Morgan fingerprint density at radius 2 is 2.14 bits per heavy atom. The third kappa shape index (κ3) is 4.93. The lowest BCUT2D eigenvalue weighted by molar-refractivity contribution is 0.0602. The Bertz CT molecular complexity index is 996. The Labute approximate surface area is 172 Å². The van der Waals surface area contributed by atoms with Gasteiger partial charge in [-0.1, -0.05) is 36.8 Å². The summed E-state index contributed by atoms with van der Waals surface area (Å²) in [5.41, 5.74) is 2.81. The van der Waals surface area contributed by atoms with Crippen LogP contribution in [0.1, 0.15) is 33.3 Å². The van der Waals surface area contributed by atoms with Crippen molar-refractivity contribution in [1.82, 2.24) is 14.8 Å². The van der Waals surface area contributed by atoms with E-state index in [9.17, 15) is 4.79 Å². The van der Waals surface area contributed by atoms with Crippen LogP contribution in [0.3, 0.4) is 0 Å². The largest absolute Gasteiger partial charge is 0.465 e. The van der Waals surface area contributed by atoms with Gasteiger partial charge < -0.3 is 10.1 Å². The molecule has 3 aromatic rings. The number of nitrogens with zero attached hydrogens (tertiary/aromatic N) is 3. The fourth-order valence-corrected chi connectivity index (χ4v) is 3.88. The number of aryl methyl sites for hydroxylation is 2. The Balaban J connectivity index is 1.65. The number of rotatable bonds is 6. The molecule has 1 aromatic carbocycles. The molecule has 0 atom stereocenters. The number of thiophene rings is 1. The average molecular weight is 416 g/mol. The van der Waals surface area contributed by atoms with Crippen molar-refractivity contribution < 1.29 is 9.53 Å². The number of aromatic nitrogens is 3. The number of nitrogens with one attached hydrogen (secondary N) is 2. The van der Waals surface area contributed by atoms with E-state index in [0.717, 1.165) is 16.9 Å². The number of benzene rings is 1. The van der Waals surface area contributed by atoms with E-state index in [2.05, 4.69) is 39.8 Å². The summed E-state index contributed by atoms with van der Waals surface area (Å²) in [5.74, 6) is -0.0150. The van der Waals surface area contributed by atoms with Gasteiger partial charge in [-0.05, 0) is 37.2 Å². The second kappa shape index (κ2) is 8.94. The quantitative estimate of drug-likeness (QED) is 0.467. The summed E-state index contributed by atoms with van der Waals surface area (Å²) in [4.78, 5) is 17.3. The molecule has 146 valence electrons. The van der Waals surface area contributed by atoms with Crippen molar-refractivity contribution in [2.45, 2.75) is 26.8 Å². The van der Waals surface area contributed by atoms with Gasteiger partial charge in [0.25, 0.3) is 0 Å². The molecular formula is C19H21N5O2S2. The van der Waals surface area contributed by atoms with E-state index in [-0.39, 0.29) is 0 Å². The van der Waals surface area contributed by atoms with Crippen LogP contribution in [-0.4, -0.2) is 33.0 Å². The van der Waals surface area contributed by atoms with Gasteiger partial charge in [-0.3, -0.25) is 5.32 Å². The van der Waals surface area contributed by atoms with Crippen LogP contribution in [0.5, 0.6) is 0 Å². The third-order valence-electron chi connectivity index (χ3n) is 3.95. The molecule has 0 saturated heterocycles. The van der Waals surface area contributed by atoms with Crippen molar-refractivity contribution in [2.75, 3.05) is 17.7 Å². The molecule has 0 unspecified atom stereocenters. The second-order valence-corrected chi connectivity index (χ2v) is 7.68. The van der Waals surface area contributed by atoms with Gasteiger partial charge in [0.15, 0.2) is 5.11 Å². The van der Waals surface area contributed by atoms with Crippen molar-refractivity contribution in [3.63, 3.8) is 0 Å². The van der Waals surface area contributed by atoms with Crippen LogP contribution in [0, 0.1) is 6.92 Å². The van der Waals surface area contributed by atoms with Crippen LogP contribution in [0.2, 0.25) is 0 Å². The van der Waals surface area contributed by atoms with E-state index in [1.54, 1.807) is 11.0 Å². The van der Waals surface area contributed by atoms with Crippen LogP contribution in [0.15, 0.2) is 36.7 Å². The molecule has 2 aromatic heterocycles. The minimum absolute atomic E-state index is 0.308. The van der Waals surface area contributed by atoms with Gasteiger partial charge in [0, 0.05) is 4.88 Å². The molecule has 0 aliphatic rings. The first kappa shape index (κ1) is 20.0. The van der Waals surface area contributed by atoms with E-state index in [1.165, 1.54) is 24.0 Å². The monoisotopic (exact) mass is 415 g/mol. The van der Waals surface area contributed by atoms with Crippen molar-refractivity contribution in [3.8, 4) is 0 Å². The molecule has 0 fully saturated rings. The zero-order chi connectivity index (χ0) is 20.1. The summed E-state index contributed by atoms with van der Waals surface area (Å²) in [6.45, 7) is 4.70. The van der Waals surface area contributed by atoms with E-state index >= 15 is 0 Å². The molecule has 3 rings (SSSR count). The Morgan fingerprint density at radius 1 is 1.32 bits per heavy atom. The first-order chi connectivity index (χ1) is 13.5. The number of esters is 1. The molecule has 0 amide bonds. The Morgan fingerprint density at radius 3 is 2.86 bits per heavy atom. The van der Waals surface area contributed by atoms with Crippen LogP contribution in [-0.2, 0) is 17.7 Å². The lowest BCUT2D eigenvalue weighted by Gasteiger charge is -2.07. The molecule has 0 radical (unpaired) electrons. The highest BCUT2D eigenvalue weighted by molar-refractivity contribution is 7.80. The van der Waals surface area contributed by atoms with E-state index in [4.69, 9.17) is 17.0 Å². The predicted molar refractivity (Wildman–Crippen MR) is 115 cm³/mol. The van der Waals surface area contributed by atoms with Gasteiger partial charge >= 0.3 is 5.97 Å². The van der Waals surface area contributed by atoms with Gasteiger partial charge in [-0.2, -0.15) is 0 Å². The van der Waals surface area contributed by atoms with Crippen LogP contribution in [0.25, 0.3) is 0 Å². The Hall–Kier alpha value is -2.78. The summed E-state index contributed by atoms with van der Waals surface area (Å²) in [6.07, 6.45) is 2.47. The fourth-order valence-electron chi connectivity index (χ4n) is 2.63. The molecule has 28 heavy (non-hydrogen) atoms. The van der Waals surface area contributed by atoms with Crippen molar-refractivity contribution in [3.05, 3.63) is 58.2 Å². The van der Waals surface area contributed by atoms with Crippen LogP contribution < -0.4 is 10.6 Å². The van der Waals surface area contributed by atoms with Gasteiger partial charge in [-0.15, -0.1) is 16.4 Å². The zero-order valence-corrected chi connectivity index (χ0v) is 17.5. The average Bonchev–Trinajstić information content (AvgIpc) is 3.27. The number of carbonyl (C=O) groups excluding carboxylic acids is 1. The Kier molecular flexibility index (Phi) is 6.37. The number of carbonyl (C=O) groups is 1. The number of anilines is 2. The highest BCUT2D eigenvalue weighted by Gasteiger charge is 2.17. The minimum Gasteiger partial charge on any atom is -0.465 e. The summed E-state index contributed by atoms with van der Waals surface area (Å²) >= 11 is 6.81. The number of methoxy groups -OCH3 is 1. The smallest absolute Gasteiger partial charge is 0.340 e. The van der Waals surface area contributed by atoms with Gasteiger partial charge in [-0.25, -0.2) is 14.5 Å². The van der Waals surface area contributed by atoms with Gasteiger partial charge in [0.1, 0.15) is 11.3 Å². The van der Waals surface area contributed by atoms with Crippen LogP contribution in [0.4, 0.5) is 10.9 Å². The van der Waals surface area contributed by atoms with Crippen LogP contribution >= 0.6 is 23.6 Å². The lowest BCUT2D eigenvalue weighted by Crippen LogP contribution is -2.20. The third-order valence-corrected chi connectivity index (χ3v) is 5.35. The standard InChI is InChI=1S/C19H21N5O2S2/c1-4-14-9-15(17(25)26-3)16(28-14)21-19(27)22-18-20-11-24(23-18)10-13-7-5-6-12(2)8-13/h5-9,11H,4,10H2,1-3H3,(H2,21,22,23,27). The summed E-state index contributed by atoms with van der Waals surface area (Å²) in [6, 6.07) is 10.0. The van der Waals surface area contributed by atoms with E-state index in [0.29, 0.717) is 28.2 Å². The molecule has 7 nitrogen and oxygen atoms in total. The van der Waals surface area contributed by atoms with Crippen molar-refractivity contribution in [1.29, 1.82) is 0 Å². The van der Waals surface area contributed by atoms with E-state index in [1.807, 2.05) is 25.1 Å². The maximum atomic E-state index is 12.0. The maximum absolute atomic E-state index is 12.0. The summed E-state index contributed by atoms with van der Waals surface area (Å²) in [5, 5.41) is 11.3. The molecule has 0 spiro atoms. The highest BCUT2D eigenvalue weighted by Crippen LogP contribution is 2.29. The van der Waals surface area contributed by atoms with Gasteiger partial charge in [0.05, 0.1) is 19.2 Å². The molecule has 0 saturated carbocycles. The summed E-state index contributed by atoms with van der Waals surface area (Å²) < 4.78 is 6.57. The minimum atomic E-state index is -0.401. The number of ether oxygens (including phenoxy) is 1. The number of hydrogen-bond acceptors (Lipinski definition) is 6. The van der Waals surface area contributed by atoms with Crippen molar-refractivity contribution >= 4 is 45.6 Å². The second-order valence-electron chi connectivity index (χ2n) is 6.13. The zero-order valence-electron chi connectivity index (χ0n) is 15.9. The molecule has 0 aliphatic heterocycles. The van der Waals surface area contributed by atoms with Gasteiger partial charge in [0.2, 0.25) is 5.95 Å². The van der Waals surface area contributed by atoms with Crippen molar-refractivity contribution in [2.24, 2.45) is 0 Å². The first-order valence-corrected chi connectivity index (χ1v) is 9.95. The highest BCUT2D eigenvalue weighted by atomic mass is 32.1. The summed E-state index contributed by atoms with van der Waals surface area (Å²) in [7, 11) is 1.36. The first-order valence-electron chi connectivity index (χ1n) is 8.72. The predicted octanol–water partition coefficient (Wildman–Crippen LogP) is 3.85. The fraction of sp³-hybridized carbons (Fsp3) is 0.263. The molecular weight excluding hydrogens is 394 g/mol.